The van der Waals surface area contributed by atoms with E-state index in [1.54, 1.807) is 36.4 Å². The molecule has 0 bridgehead atoms. The number of carbonyl (C=O) groups excluding carboxylic acids is 4. The molecule has 1 saturated carbocycles. The van der Waals surface area contributed by atoms with Gasteiger partial charge in [0.15, 0.2) is 0 Å². The van der Waals surface area contributed by atoms with Crippen molar-refractivity contribution >= 4 is 46.9 Å². The number of aliphatic carboxylic acids is 1. The number of hydrazine groups is 1. The number of carboxylic acids is 1. The number of fused-ring (bicyclic) bond motifs is 4. The van der Waals surface area contributed by atoms with Gasteiger partial charge in [0.1, 0.15) is 17.3 Å². The summed E-state index contributed by atoms with van der Waals surface area (Å²) in [6.07, 6.45) is 3.55. The van der Waals surface area contributed by atoms with Crippen molar-refractivity contribution in [2.24, 2.45) is 23.7 Å². The average Bonchev–Trinajstić information content (AvgIpc) is 3.50. The molecule has 2 saturated heterocycles. The van der Waals surface area contributed by atoms with Gasteiger partial charge in [-0.05, 0) is 91.8 Å². The van der Waals surface area contributed by atoms with E-state index in [2.05, 4.69) is 5.43 Å². The number of imide groups is 2. The third-order valence-corrected chi connectivity index (χ3v) is 11.4. The summed E-state index contributed by atoms with van der Waals surface area (Å²) in [6, 6.07) is 16.5. The monoisotopic (exact) mass is 729 g/mol. The number of nitrogens with zero attached hydrogens (tertiary/aromatic N) is 2. The molecule has 2 aliphatic carbocycles. The molecule has 7 rings (SSSR count). The maximum Gasteiger partial charge on any atom is 0.303 e. The van der Waals surface area contributed by atoms with E-state index in [1.807, 2.05) is 6.08 Å². The minimum absolute atomic E-state index is 0.00244. The first-order valence-corrected chi connectivity index (χ1v) is 17.7. The number of phenolic OH excluding ortho intramolecular Hbond substituents is 1. The van der Waals surface area contributed by atoms with Crippen molar-refractivity contribution in [1.82, 2.24) is 9.91 Å². The quantitative estimate of drug-likeness (QED) is 0.126. The van der Waals surface area contributed by atoms with Gasteiger partial charge in [-0.3, -0.25) is 34.3 Å². The molecule has 4 amide bonds. The third-order valence-electron chi connectivity index (χ3n) is 11.2. The Hall–Kier alpha value is -5.23. The van der Waals surface area contributed by atoms with Crippen molar-refractivity contribution < 1.29 is 43.3 Å². The van der Waals surface area contributed by atoms with Crippen molar-refractivity contribution in [2.75, 3.05) is 19.1 Å². The second-order valence-corrected chi connectivity index (χ2v) is 14.3. The van der Waals surface area contributed by atoms with Crippen molar-refractivity contribution in [3.05, 3.63) is 100 Å². The van der Waals surface area contributed by atoms with E-state index in [1.165, 1.54) is 42.3 Å². The molecular formula is C39H37ClFN3O8. The summed E-state index contributed by atoms with van der Waals surface area (Å²) >= 11 is 6.33. The molecule has 11 nitrogen and oxygen atoms in total. The Labute approximate surface area is 304 Å². The normalized spacial score (nSPS) is 26.5. The van der Waals surface area contributed by atoms with E-state index in [0.717, 1.165) is 5.01 Å². The molecule has 0 aromatic heterocycles. The predicted molar refractivity (Wildman–Crippen MR) is 187 cm³/mol. The fourth-order valence-corrected chi connectivity index (χ4v) is 9.03. The molecule has 0 unspecified atom stereocenters. The minimum Gasteiger partial charge on any atom is -0.508 e. The molecule has 3 aromatic carbocycles. The Kier molecular flexibility index (Phi) is 9.28. The number of nitrogens with one attached hydrogen (secondary N) is 1. The van der Waals surface area contributed by atoms with Crippen LogP contribution in [0.4, 0.5) is 10.1 Å². The van der Waals surface area contributed by atoms with Gasteiger partial charge in [0.25, 0.3) is 11.8 Å². The van der Waals surface area contributed by atoms with E-state index in [-0.39, 0.29) is 43.4 Å². The number of aromatic hydroxyl groups is 1. The Balaban J connectivity index is 1.36. The summed E-state index contributed by atoms with van der Waals surface area (Å²) in [5, 5.41) is 21.9. The van der Waals surface area contributed by atoms with Gasteiger partial charge < -0.3 is 14.9 Å². The zero-order valence-corrected chi connectivity index (χ0v) is 29.0. The van der Waals surface area contributed by atoms with Crippen LogP contribution in [-0.2, 0) is 29.4 Å². The van der Waals surface area contributed by atoms with E-state index in [0.29, 0.717) is 52.4 Å². The minimum atomic E-state index is -1.65. The van der Waals surface area contributed by atoms with Gasteiger partial charge in [0.05, 0.1) is 36.0 Å². The molecule has 3 N–H and O–H groups in total. The van der Waals surface area contributed by atoms with Gasteiger partial charge in [0.2, 0.25) is 11.8 Å². The van der Waals surface area contributed by atoms with Crippen molar-refractivity contribution in [2.45, 2.75) is 49.9 Å². The smallest absolute Gasteiger partial charge is 0.303 e. The van der Waals surface area contributed by atoms with Crippen LogP contribution in [0.15, 0.2) is 78.4 Å². The number of benzene rings is 3. The average molecular weight is 730 g/mol. The molecule has 3 aromatic rings. The second-order valence-electron chi connectivity index (χ2n) is 13.8. The van der Waals surface area contributed by atoms with Crippen LogP contribution in [0, 0.1) is 29.5 Å². The summed E-state index contributed by atoms with van der Waals surface area (Å²) in [5.74, 6) is -7.22. The summed E-state index contributed by atoms with van der Waals surface area (Å²) in [6.45, 7) is 0.150. The highest BCUT2D eigenvalue weighted by atomic mass is 35.5. The maximum atomic E-state index is 15.2. The lowest BCUT2D eigenvalue weighted by atomic mass is 9.49. The van der Waals surface area contributed by atoms with Crippen molar-refractivity contribution in [3.8, 4) is 11.5 Å². The third kappa shape index (κ3) is 5.69. The number of carboxylic acid groups (broad SMARTS) is 1. The maximum absolute atomic E-state index is 15.2. The SMILES string of the molecule is COc1ccc(O)c([C@H]2C3=CC[C@@H]4C(=O)N(CCCCCC(=O)O)C(=O)[C@@H]4[C@@H]3C[C@H]3C(=O)N(Nc4ccc(F)cc4)C(=O)[C@@]23c2ccc(Cl)cc2)c1. The van der Waals surface area contributed by atoms with E-state index < -0.39 is 58.6 Å². The lowest BCUT2D eigenvalue weighted by Crippen LogP contribution is -2.53. The summed E-state index contributed by atoms with van der Waals surface area (Å²) in [7, 11) is 1.47. The number of phenols is 1. The predicted octanol–water partition coefficient (Wildman–Crippen LogP) is 5.82. The highest BCUT2D eigenvalue weighted by Crippen LogP contribution is 2.65. The number of ether oxygens (including phenoxy) is 1. The fraction of sp³-hybridized carbons (Fsp3) is 0.359. The standard InChI is InChI=1S/C39H37ClFN3O8/c1-52-25-14-17-31(45)29(19-25)34-26-15-16-27-33(37(50)43(35(27)48)18-4-2-3-5-32(46)47)28(26)20-30-36(49)44(42-24-12-10-23(41)11-13-24)38(51)39(30,34)21-6-8-22(40)9-7-21/h6-15,17,19,27-28,30,33-34,42,45H,2-5,16,18,20H2,1H3,(H,46,47)/t27-,28+,30-,33-,34+,39+/m0/s1. The number of amides is 4. The molecule has 6 atom stereocenters. The van der Waals surface area contributed by atoms with Crippen LogP contribution in [0.5, 0.6) is 11.5 Å². The number of rotatable bonds is 11. The molecule has 52 heavy (non-hydrogen) atoms. The van der Waals surface area contributed by atoms with Crippen molar-refractivity contribution in [1.29, 1.82) is 0 Å². The van der Waals surface area contributed by atoms with Crippen LogP contribution in [0.25, 0.3) is 0 Å². The van der Waals surface area contributed by atoms with E-state index in [9.17, 15) is 28.7 Å². The number of anilines is 1. The van der Waals surface area contributed by atoms with Crippen LogP contribution in [0.2, 0.25) is 5.02 Å². The molecule has 2 heterocycles. The number of likely N-dealkylation sites (tertiary alicyclic amines) is 1. The Bertz CT molecular complexity index is 1990. The lowest BCUT2D eigenvalue weighted by Gasteiger charge is -2.50. The van der Waals surface area contributed by atoms with Crippen LogP contribution < -0.4 is 10.2 Å². The highest BCUT2D eigenvalue weighted by Gasteiger charge is 2.70. The molecular weight excluding hydrogens is 693 g/mol. The van der Waals surface area contributed by atoms with Crippen LogP contribution in [0.1, 0.15) is 55.6 Å². The van der Waals surface area contributed by atoms with Gasteiger partial charge in [-0.1, -0.05) is 41.8 Å². The number of hydrogen-bond acceptors (Lipinski definition) is 8. The number of allylic oxidation sites excluding steroid dienone is 2. The molecule has 270 valence electrons. The van der Waals surface area contributed by atoms with Crippen LogP contribution >= 0.6 is 11.6 Å². The van der Waals surface area contributed by atoms with Gasteiger partial charge in [0, 0.05) is 29.5 Å². The zero-order valence-electron chi connectivity index (χ0n) is 28.3. The van der Waals surface area contributed by atoms with Gasteiger partial charge >= 0.3 is 5.97 Å². The Morgan fingerprint density at radius 2 is 1.69 bits per heavy atom. The molecule has 0 spiro atoms. The first-order chi connectivity index (χ1) is 25.0. The van der Waals surface area contributed by atoms with Gasteiger partial charge in [-0.15, -0.1) is 0 Å². The Morgan fingerprint density at radius 3 is 2.38 bits per heavy atom. The van der Waals surface area contributed by atoms with Gasteiger partial charge in [-0.2, -0.15) is 5.01 Å². The number of carbonyl (C=O) groups is 5. The molecule has 4 aliphatic rings. The number of halogens is 2. The highest BCUT2D eigenvalue weighted by molar-refractivity contribution is 6.30. The molecule has 0 radical (unpaired) electrons. The Morgan fingerprint density at radius 1 is 0.962 bits per heavy atom. The summed E-state index contributed by atoms with van der Waals surface area (Å²) in [5.41, 5.74) is 2.98. The summed E-state index contributed by atoms with van der Waals surface area (Å²) < 4.78 is 19.4. The molecule has 2 aliphatic heterocycles. The van der Waals surface area contributed by atoms with Crippen LogP contribution in [-0.4, -0.2) is 63.4 Å². The number of methoxy groups -OCH3 is 1. The van der Waals surface area contributed by atoms with Gasteiger partial charge in [-0.25, -0.2) is 4.39 Å². The largest absolute Gasteiger partial charge is 0.508 e. The first kappa shape index (κ1) is 35.2. The summed E-state index contributed by atoms with van der Waals surface area (Å²) in [4.78, 5) is 70.1. The number of unbranched alkanes of at least 4 members (excludes halogenated alkanes) is 2. The van der Waals surface area contributed by atoms with Crippen LogP contribution in [0.3, 0.4) is 0 Å². The fourth-order valence-electron chi connectivity index (χ4n) is 8.90. The number of hydrogen-bond donors (Lipinski definition) is 3. The van der Waals surface area contributed by atoms with Crippen molar-refractivity contribution in [3.63, 3.8) is 0 Å². The van der Waals surface area contributed by atoms with E-state index >= 15 is 4.79 Å². The lowest BCUT2D eigenvalue weighted by molar-refractivity contribution is -0.141. The first-order valence-electron chi connectivity index (χ1n) is 17.3. The molecule has 13 heteroatoms. The topological polar surface area (TPSA) is 154 Å². The zero-order chi connectivity index (χ0) is 36.9. The van der Waals surface area contributed by atoms with E-state index in [4.69, 9.17) is 21.4 Å². The molecule has 3 fully saturated rings. The second kappa shape index (κ2) is 13.7.